The monoisotopic (exact) mass is 699 g/mol. The van der Waals surface area contributed by atoms with Crippen LogP contribution in [0.25, 0.3) is 22.3 Å². The minimum atomic E-state index is -4.66. The number of pyridine rings is 1. The summed E-state index contributed by atoms with van der Waals surface area (Å²) in [5.41, 5.74) is -3.15. The number of sulfonamides is 1. The molecule has 0 atom stereocenters. The fraction of sp³-hybridized carbons (Fsp3) is 0.310. The van der Waals surface area contributed by atoms with Gasteiger partial charge in [-0.1, -0.05) is 23.7 Å². The van der Waals surface area contributed by atoms with Crippen LogP contribution >= 0.6 is 11.6 Å². The Labute approximate surface area is 268 Å². The summed E-state index contributed by atoms with van der Waals surface area (Å²) in [6.45, 7) is -0.0586. The predicted molar refractivity (Wildman–Crippen MR) is 161 cm³/mol. The molecule has 18 heteroatoms. The number of aromatic nitrogens is 3. The number of halogens is 7. The second-order valence-corrected chi connectivity index (χ2v) is 13.5. The number of nitrogens with zero attached hydrogens (tertiary/aromatic N) is 3. The van der Waals surface area contributed by atoms with Crippen LogP contribution in [0.4, 0.5) is 43.8 Å². The summed E-state index contributed by atoms with van der Waals surface area (Å²) in [6, 6.07) is 12.8. The van der Waals surface area contributed by atoms with Crippen molar-refractivity contribution in [2.75, 3.05) is 16.0 Å². The number of anilines is 3. The van der Waals surface area contributed by atoms with E-state index in [1.807, 2.05) is 0 Å². The summed E-state index contributed by atoms with van der Waals surface area (Å²) in [4.78, 5) is 25.2. The lowest BCUT2D eigenvalue weighted by molar-refractivity contribution is -0.189. The van der Waals surface area contributed by atoms with Gasteiger partial charge < -0.3 is 16.0 Å². The minimum absolute atomic E-state index is 0.0149. The van der Waals surface area contributed by atoms with E-state index >= 15 is 0 Å². The molecule has 2 saturated carbocycles. The molecule has 2 aromatic heterocycles. The van der Waals surface area contributed by atoms with E-state index in [9.17, 15) is 39.6 Å². The van der Waals surface area contributed by atoms with Gasteiger partial charge in [-0.2, -0.15) is 31.3 Å². The normalized spacial score (nSPS) is 16.9. The van der Waals surface area contributed by atoms with E-state index in [1.165, 1.54) is 48.5 Å². The second-order valence-electron chi connectivity index (χ2n) is 11.5. The van der Waals surface area contributed by atoms with Gasteiger partial charge in [-0.15, -0.1) is 0 Å². The van der Waals surface area contributed by atoms with Gasteiger partial charge in [0.05, 0.1) is 16.1 Å². The van der Waals surface area contributed by atoms with E-state index in [4.69, 9.17) is 16.7 Å². The number of amides is 1. The van der Waals surface area contributed by atoms with Crippen molar-refractivity contribution in [3.63, 3.8) is 0 Å². The third-order valence-corrected chi connectivity index (χ3v) is 9.18. The number of benzene rings is 2. The Morgan fingerprint density at radius 2 is 1.57 bits per heavy atom. The molecule has 6 rings (SSSR count). The first-order chi connectivity index (χ1) is 21.9. The maximum atomic E-state index is 13.9. The van der Waals surface area contributed by atoms with Crippen molar-refractivity contribution >= 4 is 56.0 Å². The highest BCUT2D eigenvalue weighted by Crippen LogP contribution is 2.58. The average Bonchev–Trinajstić information content (AvgIpc) is 3.90. The van der Waals surface area contributed by atoms with Crippen LogP contribution in [0.5, 0.6) is 0 Å². The first-order valence-corrected chi connectivity index (χ1v) is 15.9. The van der Waals surface area contributed by atoms with Gasteiger partial charge in [-0.3, -0.25) is 4.79 Å². The Morgan fingerprint density at radius 3 is 2.15 bits per heavy atom. The molecule has 4 aromatic rings. The molecule has 10 nitrogen and oxygen atoms in total. The van der Waals surface area contributed by atoms with Gasteiger partial charge in [0, 0.05) is 22.8 Å². The van der Waals surface area contributed by atoms with Crippen LogP contribution in [0.2, 0.25) is 5.02 Å². The summed E-state index contributed by atoms with van der Waals surface area (Å²) in [5, 5.41) is 13.0. The SMILES string of the molecule is NS(=O)(=O)c1cc(Cl)cc(CNc2nc(NC3(C(F)(F)F)CC3)c3nc(-c4ccc(NC(=O)C5(C(F)(F)F)CC5)cc4)ccc3n2)c1. The average molecular weight is 700 g/mol. The van der Waals surface area contributed by atoms with Crippen molar-refractivity contribution in [1.82, 2.24) is 15.0 Å². The Kier molecular flexibility index (Phi) is 7.79. The standard InChI is InChI=1S/C29H24ClF6N7O3S/c30-17-11-15(12-19(13-17)47(37,45)46)14-38-25-41-21-6-5-20(40-22(21)23(42-25)43-27(9-10-27)29(34,35)36)16-1-3-18(4-2-16)39-24(44)26(7-8-26)28(31,32)33/h1-6,11-13H,7-10,14H2,(H,39,44)(H2,37,45,46)(H2,38,41,42,43). The fourth-order valence-corrected chi connectivity index (χ4v) is 5.91. The molecule has 2 fully saturated rings. The van der Waals surface area contributed by atoms with Crippen molar-refractivity contribution in [3.05, 3.63) is 65.2 Å². The van der Waals surface area contributed by atoms with Crippen LogP contribution < -0.4 is 21.1 Å². The lowest BCUT2D eigenvalue weighted by Gasteiger charge is -2.22. The lowest BCUT2D eigenvalue weighted by atomic mass is 10.1. The van der Waals surface area contributed by atoms with Crippen LogP contribution in [0, 0.1) is 5.41 Å². The summed E-state index contributed by atoms with van der Waals surface area (Å²) in [6.07, 6.45) is -10.2. The number of carbonyl (C=O) groups is 1. The van der Waals surface area contributed by atoms with Gasteiger partial charge in [0.2, 0.25) is 21.9 Å². The molecule has 5 N–H and O–H groups in total. The second kappa shape index (κ2) is 11.2. The molecule has 0 unspecified atom stereocenters. The zero-order chi connectivity index (χ0) is 34.0. The smallest absolute Gasteiger partial charge is 0.354 e. The van der Waals surface area contributed by atoms with Gasteiger partial charge in [-0.25, -0.2) is 23.5 Å². The number of fused-ring (bicyclic) bond motifs is 1. The Balaban J connectivity index is 1.29. The van der Waals surface area contributed by atoms with E-state index in [-0.39, 0.29) is 70.6 Å². The topological polar surface area (TPSA) is 152 Å². The molecule has 2 heterocycles. The highest BCUT2D eigenvalue weighted by Gasteiger charge is 2.68. The van der Waals surface area contributed by atoms with Crippen molar-refractivity contribution in [1.29, 1.82) is 0 Å². The maximum Gasteiger partial charge on any atom is 0.411 e. The predicted octanol–water partition coefficient (Wildman–Crippen LogP) is 6.39. The van der Waals surface area contributed by atoms with Gasteiger partial charge in [0.25, 0.3) is 0 Å². The number of alkyl halides is 6. The zero-order valence-corrected chi connectivity index (χ0v) is 25.5. The largest absolute Gasteiger partial charge is 0.411 e. The van der Waals surface area contributed by atoms with Crippen LogP contribution in [0.15, 0.2) is 59.5 Å². The summed E-state index contributed by atoms with van der Waals surface area (Å²) < 4.78 is 105. The highest BCUT2D eigenvalue weighted by molar-refractivity contribution is 7.89. The maximum absolute atomic E-state index is 13.9. The number of primary sulfonamides is 1. The Morgan fingerprint density at radius 1 is 0.894 bits per heavy atom. The van der Waals surface area contributed by atoms with Gasteiger partial charge in [0.1, 0.15) is 16.5 Å². The third-order valence-electron chi connectivity index (χ3n) is 8.07. The highest BCUT2D eigenvalue weighted by atomic mass is 35.5. The van der Waals surface area contributed by atoms with Crippen molar-refractivity contribution in [3.8, 4) is 11.3 Å². The summed E-state index contributed by atoms with van der Waals surface area (Å²) in [7, 11) is -4.07. The van der Waals surface area contributed by atoms with Crippen LogP contribution in [-0.2, 0) is 21.4 Å². The molecular formula is C29H24ClF6N7O3S. The van der Waals surface area contributed by atoms with Crippen LogP contribution in [-0.4, -0.2) is 47.2 Å². The first kappa shape index (κ1) is 32.7. The van der Waals surface area contributed by atoms with Crippen molar-refractivity contribution < 1.29 is 39.6 Å². The Bertz CT molecular complexity index is 2000. The van der Waals surface area contributed by atoms with Crippen LogP contribution in [0.1, 0.15) is 31.2 Å². The van der Waals surface area contributed by atoms with E-state index < -0.39 is 39.2 Å². The molecule has 0 saturated heterocycles. The molecule has 0 aliphatic heterocycles. The van der Waals surface area contributed by atoms with E-state index in [0.29, 0.717) is 16.8 Å². The fourth-order valence-electron chi connectivity index (χ4n) is 4.98. The van der Waals surface area contributed by atoms with E-state index in [2.05, 4.69) is 30.9 Å². The minimum Gasteiger partial charge on any atom is -0.354 e. The number of carbonyl (C=O) groups excluding carboxylic acids is 1. The summed E-state index contributed by atoms with van der Waals surface area (Å²) >= 11 is 6.03. The Hall–Kier alpha value is -4.22. The van der Waals surface area contributed by atoms with Gasteiger partial charge in [-0.05, 0) is 73.7 Å². The molecule has 248 valence electrons. The third kappa shape index (κ3) is 6.51. The molecule has 0 radical (unpaired) electrons. The molecule has 0 bridgehead atoms. The number of rotatable bonds is 9. The summed E-state index contributed by atoms with van der Waals surface area (Å²) in [5.74, 6) is -1.44. The first-order valence-electron chi connectivity index (χ1n) is 14.0. The number of hydrogen-bond acceptors (Lipinski definition) is 8. The number of nitrogens with one attached hydrogen (secondary N) is 3. The number of nitrogens with two attached hydrogens (primary N) is 1. The molecule has 47 heavy (non-hydrogen) atoms. The molecule has 2 aliphatic rings. The quantitative estimate of drug-likeness (QED) is 0.147. The number of hydrogen-bond donors (Lipinski definition) is 4. The molecular weight excluding hydrogens is 676 g/mol. The molecule has 1 amide bonds. The zero-order valence-electron chi connectivity index (χ0n) is 23.9. The van der Waals surface area contributed by atoms with E-state index in [0.717, 1.165) is 0 Å². The van der Waals surface area contributed by atoms with Gasteiger partial charge >= 0.3 is 12.4 Å². The molecule has 0 spiro atoms. The van der Waals surface area contributed by atoms with Crippen molar-refractivity contribution in [2.45, 2.75) is 55.0 Å². The van der Waals surface area contributed by atoms with E-state index in [1.54, 1.807) is 6.07 Å². The van der Waals surface area contributed by atoms with Crippen LogP contribution in [0.3, 0.4) is 0 Å². The van der Waals surface area contributed by atoms with Gasteiger partial charge in [0.15, 0.2) is 5.82 Å². The van der Waals surface area contributed by atoms with Crippen molar-refractivity contribution in [2.24, 2.45) is 10.6 Å². The molecule has 2 aromatic carbocycles. The lowest BCUT2D eigenvalue weighted by Crippen LogP contribution is -2.39. The molecule has 2 aliphatic carbocycles.